The van der Waals surface area contributed by atoms with Gasteiger partial charge in [-0.15, -0.1) is 0 Å². The number of hydrogen-bond donors (Lipinski definition) is 2. The van der Waals surface area contributed by atoms with Gasteiger partial charge in [0.2, 0.25) is 0 Å². The van der Waals surface area contributed by atoms with Crippen molar-refractivity contribution in [2.45, 2.75) is 52.9 Å². The van der Waals surface area contributed by atoms with Crippen LogP contribution in [0.2, 0.25) is 0 Å². The molecule has 2 aliphatic heterocycles. The molecule has 2 aliphatic rings. The van der Waals surface area contributed by atoms with Crippen molar-refractivity contribution in [3.63, 3.8) is 0 Å². The van der Waals surface area contributed by atoms with E-state index in [1.54, 1.807) is 12.4 Å². The van der Waals surface area contributed by atoms with Crippen molar-refractivity contribution in [2.24, 2.45) is 0 Å². The molecule has 4 rings (SSSR count). The van der Waals surface area contributed by atoms with E-state index in [1.807, 2.05) is 13.8 Å². The zero-order valence-corrected chi connectivity index (χ0v) is 22.3. The van der Waals surface area contributed by atoms with Gasteiger partial charge in [0.1, 0.15) is 11.6 Å². The minimum Gasteiger partial charge on any atom is -0.383 e. The van der Waals surface area contributed by atoms with Gasteiger partial charge < -0.3 is 11.5 Å². The van der Waals surface area contributed by atoms with Gasteiger partial charge >= 0.3 is 0 Å². The average molecular weight is 495 g/mol. The lowest BCUT2D eigenvalue weighted by molar-refractivity contribution is -0.130. The smallest absolute Gasteiger partial charge is 0.166 e. The van der Waals surface area contributed by atoms with Crippen LogP contribution >= 0.6 is 0 Å². The quantitative estimate of drug-likeness (QED) is 0.565. The van der Waals surface area contributed by atoms with Crippen molar-refractivity contribution in [3.05, 3.63) is 46.8 Å². The molecular weight excluding hydrogens is 452 g/mol. The molecule has 4 heterocycles. The van der Waals surface area contributed by atoms with Crippen molar-refractivity contribution >= 4 is 17.4 Å². The standard InChI is InChI=1S/C27H42N8O/c1-19-23(5-7-30-26(19)28)17-32-9-13-34(14-10-32)21(3)25(36)22(4)35-15-11-33(12-16-35)18-24-6-8-31-27(29)20(24)2/h5-8,21-22H,9-18H2,1-4H3,(H2,28,30)(H2,29,31). The van der Waals surface area contributed by atoms with Crippen LogP contribution in [0.1, 0.15) is 36.1 Å². The van der Waals surface area contributed by atoms with Crippen molar-refractivity contribution in [2.75, 3.05) is 63.8 Å². The van der Waals surface area contributed by atoms with E-state index < -0.39 is 0 Å². The molecule has 0 radical (unpaired) electrons. The number of nitrogen functional groups attached to an aromatic ring is 2. The van der Waals surface area contributed by atoms with Crippen LogP contribution < -0.4 is 11.5 Å². The highest BCUT2D eigenvalue weighted by molar-refractivity contribution is 5.88. The highest BCUT2D eigenvalue weighted by Crippen LogP contribution is 2.19. The molecule has 9 heteroatoms. The number of piperazine rings is 2. The van der Waals surface area contributed by atoms with E-state index in [0.29, 0.717) is 17.4 Å². The van der Waals surface area contributed by atoms with Gasteiger partial charge in [0, 0.05) is 77.8 Å². The number of carbonyl (C=O) groups is 1. The van der Waals surface area contributed by atoms with E-state index in [2.05, 4.69) is 55.5 Å². The molecule has 0 spiro atoms. The molecule has 2 saturated heterocycles. The summed E-state index contributed by atoms with van der Waals surface area (Å²) in [7, 11) is 0. The molecule has 4 N–H and O–H groups in total. The van der Waals surface area contributed by atoms with Crippen LogP contribution in [-0.2, 0) is 17.9 Å². The average Bonchev–Trinajstić information content (AvgIpc) is 2.89. The van der Waals surface area contributed by atoms with Gasteiger partial charge in [-0.3, -0.25) is 24.4 Å². The van der Waals surface area contributed by atoms with Crippen LogP contribution in [-0.4, -0.2) is 99.8 Å². The zero-order chi connectivity index (χ0) is 25.8. The summed E-state index contributed by atoms with van der Waals surface area (Å²) in [5, 5.41) is 0. The Kier molecular flexibility index (Phi) is 8.56. The van der Waals surface area contributed by atoms with Crippen molar-refractivity contribution < 1.29 is 4.79 Å². The highest BCUT2D eigenvalue weighted by atomic mass is 16.1. The van der Waals surface area contributed by atoms with E-state index in [4.69, 9.17) is 11.5 Å². The second kappa shape index (κ2) is 11.6. The van der Waals surface area contributed by atoms with Gasteiger partial charge in [0.05, 0.1) is 12.1 Å². The largest absolute Gasteiger partial charge is 0.383 e. The van der Waals surface area contributed by atoms with E-state index >= 15 is 0 Å². The fourth-order valence-corrected chi connectivity index (χ4v) is 5.34. The maximum absolute atomic E-state index is 13.4. The molecule has 2 unspecified atom stereocenters. The summed E-state index contributed by atoms with van der Waals surface area (Å²) in [6, 6.07) is 3.97. The van der Waals surface area contributed by atoms with Crippen LogP contribution in [0.25, 0.3) is 0 Å². The molecule has 2 atom stereocenters. The molecule has 0 aromatic carbocycles. The first-order chi connectivity index (χ1) is 17.2. The lowest BCUT2D eigenvalue weighted by Gasteiger charge is -2.41. The minimum atomic E-state index is -0.0686. The number of ketones is 1. The Labute approximate surface area is 215 Å². The maximum Gasteiger partial charge on any atom is 0.166 e. The predicted molar refractivity (Wildman–Crippen MR) is 144 cm³/mol. The first kappa shape index (κ1) is 26.5. The van der Waals surface area contributed by atoms with Crippen LogP contribution in [0.4, 0.5) is 11.6 Å². The lowest BCUT2D eigenvalue weighted by atomic mass is 10.0. The summed E-state index contributed by atoms with van der Waals surface area (Å²) in [4.78, 5) is 31.3. The fourth-order valence-electron chi connectivity index (χ4n) is 5.34. The number of carbonyl (C=O) groups excluding carboxylic acids is 1. The van der Waals surface area contributed by atoms with Crippen molar-refractivity contribution in [1.29, 1.82) is 0 Å². The van der Waals surface area contributed by atoms with Crippen molar-refractivity contribution in [3.8, 4) is 0 Å². The fraction of sp³-hybridized carbons (Fsp3) is 0.593. The Bertz CT molecular complexity index is 963. The summed E-state index contributed by atoms with van der Waals surface area (Å²) in [5.74, 6) is 1.54. The Hall–Kier alpha value is -2.59. The number of hydrogen-bond acceptors (Lipinski definition) is 9. The summed E-state index contributed by atoms with van der Waals surface area (Å²) in [6.45, 7) is 17.4. The molecular formula is C27H42N8O. The first-order valence-corrected chi connectivity index (χ1v) is 13.1. The third kappa shape index (κ3) is 6.03. The van der Waals surface area contributed by atoms with Gasteiger partial charge in [-0.05, 0) is 62.1 Å². The Morgan fingerprint density at radius 1 is 0.750 bits per heavy atom. The molecule has 0 saturated carbocycles. The normalized spacial score (nSPS) is 20.3. The third-order valence-electron chi connectivity index (χ3n) is 8.23. The summed E-state index contributed by atoms with van der Waals surface area (Å²) in [5.41, 5.74) is 16.5. The molecule has 0 amide bonds. The Balaban J connectivity index is 1.23. The van der Waals surface area contributed by atoms with Gasteiger partial charge in [0.15, 0.2) is 5.78 Å². The highest BCUT2D eigenvalue weighted by Gasteiger charge is 2.32. The molecule has 9 nitrogen and oxygen atoms in total. The Morgan fingerprint density at radius 2 is 1.11 bits per heavy atom. The van der Waals surface area contributed by atoms with Crippen LogP contribution in [0.3, 0.4) is 0 Å². The number of aromatic nitrogens is 2. The number of nitrogens with two attached hydrogens (primary N) is 2. The molecule has 196 valence electrons. The van der Waals surface area contributed by atoms with Gasteiger partial charge in [-0.1, -0.05) is 0 Å². The molecule has 0 bridgehead atoms. The number of pyridine rings is 2. The van der Waals surface area contributed by atoms with Gasteiger partial charge in [0.25, 0.3) is 0 Å². The molecule has 2 fully saturated rings. The molecule has 2 aromatic rings. The van der Waals surface area contributed by atoms with Crippen LogP contribution in [0.15, 0.2) is 24.5 Å². The van der Waals surface area contributed by atoms with E-state index in [-0.39, 0.29) is 12.1 Å². The number of anilines is 2. The second-order valence-corrected chi connectivity index (χ2v) is 10.3. The van der Waals surface area contributed by atoms with Crippen LogP contribution in [0, 0.1) is 13.8 Å². The number of nitrogens with zero attached hydrogens (tertiary/aromatic N) is 6. The van der Waals surface area contributed by atoms with Gasteiger partial charge in [-0.2, -0.15) is 0 Å². The molecule has 0 aliphatic carbocycles. The van der Waals surface area contributed by atoms with Gasteiger partial charge in [-0.25, -0.2) is 9.97 Å². The number of Topliss-reactive ketones (excluding diaryl/α,β-unsaturated/α-hetero) is 1. The topological polar surface area (TPSA) is 108 Å². The predicted octanol–water partition coefficient (Wildman–Crippen LogP) is 1.54. The number of rotatable bonds is 8. The lowest BCUT2D eigenvalue weighted by Crippen LogP contribution is -2.57. The van der Waals surface area contributed by atoms with E-state index in [0.717, 1.165) is 76.6 Å². The van der Waals surface area contributed by atoms with E-state index in [1.165, 1.54) is 11.1 Å². The molecule has 2 aromatic heterocycles. The molecule has 36 heavy (non-hydrogen) atoms. The van der Waals surface area contributed by atoms with E-state index in [9.17, 15) is 4.79 Å². The van der Waals surface area contributed by atoms with Crippen LogP contribution in [0.5, 0.6) is 0 Å². The van der Waals surface area contributed by atoms with Crippen molar-refractivity contribution in [1.82, 2.24) is 29.6 Å². The summed E-state index contributed by atoms with van der Waals surface area (Å²) >= 11 is 0. The first-order valence-electron chi connectivity index (χ1n) is 13.1. The minimum absolute atomic E-state index is 0.0686. The summed E-state index contributed by atoms with van der Waals surface area (Å²) in [6.07, 6.45) is 3.57. The zero-order valence-electron chi connectivity index (χ0n) is 22.3. The maximum atomic E-state index is 13.4. The SMILES string of the molecule is Cc1c(CN2CCN(C(C)C(=O)C(C)N3CCN(Cc4ccnc(N)c4C)CC3)CC2)ccnc1N. The Morgan fingerprint density at radius 3 is 1.47 bits per heavy atom. The second-order valence-electron chi connectivity index (χ2n) is 10.3. The third-order valence-corrected chi connectivity index (χ3v) is 8.23. The monoisotopic (exact) mass is 494 g/mol. The summed E-state index contributed by atoms with van der Waals surface area (Å²) < 4.78 is 0.